The lowest BCUT2D eigenvalue weighted by molar-refractivity contribution is -0.122. The van der Waals surface area contributed by atoms with Gasteiger partial charge < -0.3 is 14.2 Å². The average molecular weight is 644 g/mol. The van der Waals surface area contributed by atoms with E-state index >= 15 is 0 Å². The van der Waals surface area contributed by atoms with Crippen LogP contribution in [0.3, 0.4) is 0 Å². The van der Waals surface area contributed by atoms with E-state index in [0.717, 1.165) is 32.6 Å². The number of amides is 1. The Hall–Kier alpha value is -4.01. The molecule has 6 nitrogen and oxygen atoms in total. The molecule has 1 aliphatic rings. The summed E-state index contributed by atoms with van der Waals surface area (Å²) in [5.74, 6) is 1.89. The molecule has 0 bridgehead atoms. The Labute approximate surface area is 259 Å². The van der Waals surface area contributed by atoms with E-state index in [1.165, 1.54) is 17.3 Å². The topological polar surface area (TPSA) is 60.4 Å². The van der Waals surface area contributed by atoms with Crippen LogP contribution < -0.4 is 14.2 Å². The average Bonchev–Trinajstić information content (AvgIpc) is 3.27. The molecule has 4 aromatic carbocycles. The van der Waals surface area contributed by atoms with Crippen LogP contribution >= 0.6 is 27.7 Å². The van der Waals surface area contributed by atoms with Gasteiger partial charge in [0.2, 0.25) is 0 Å². The minimum atomic E-state index is -0.116. The minimum absolute atomic E-state index is 0.116. The summed E-state index contributed by atoms with van der Waals surface area (Å²) < 4.78 is 18.2. The number of halogens is 1. The Morgan fingerprint density at radius 2 is 1.67 bits per heavy atom. The molecule has 1 heterocycles. The highest BCUT2D eigenvalue weighted by Crippen LogP contribution is 2.39. The first kappa shape index (κ1) is 29.5. The van der Waals surface area contributed by atoms with Gasteiger partial charge in [0, 0.05) is 4.47 Å². The lowest BCUT2D eigenvalue weighted by Crippen LogP contribution is -2.28. The van der Waals surface area contributed by atoms with E-state index in [0.29, 0.717) is 41.3 Å². The molecule has 0 N–H and O–H groups in total. The molecule has 1 aliphatic heterocycles. The highest BCUT2D eigenvalue weighted by Gasteiger charge is 2.34. The summed E-state index contributed by atoms with van der Waals surface area (Å²) in [6.07, 6.45) is 1.87. The third-order valence-corrected chi connectivity index (χ3v) is 8.19. The van der Waals surface area contributed by atoms with E-state index in [1.54, 1.807) is 12.0 Å². The van der Waals surface area contributed by atoms with Gasteiger partial charge in [0.1, 0.15) is 12.4 Å². The number of amidine groups is 1. The molecule has 0 atom stereocenters. The summed E-state index contributed by atoms with van der Waals surface area (Å²) in [5.41, 5.74) is 4.82. The van der Waals surface area contributed by atoms with Gasteiger partial charge in [-0.3, -0.25) is 9.69 Å². The molecule has 4 aromatic rings. The maximum absolute atomic E-state index is 13.8. The normalized spacial score (nSPS) is 15.0. The number of ether oxygens (including phenoxy) is 3. The number of rotatable bonds is 10. The molecule has 1 amide bonds. The number of carbonyl (C=O) groups excluding carboxylic acids is 1. The SMILES string of the molecule is CCOc1cc(/C=C2\SC(=Nc3ccccc3)N(Cc3ccc(OC)cc3)C2=O)c(Br)cc1OCc1cccc(C)c1. The van der Waals surface area contributed by atoms with Crippen molar-refractivity contribution >= 4 is 50.5 Å². The van der Waals surface area contributed by atoms with Crippen LogP contribution in [0.1, 0.15) is 29.2 Å². The van der Waals surface area contributed by atoms with E-state index in [2.05, 4.69) is 35.0 Å². The zero-order valence-corrected chi connectivity index (χ0v) is 26.1. The number of nitrogens with zero attached hydrogens (tertiary/aromatic N) is 2. The lowest BCUT2D eigenvalue weighted by atomic mass is 10.1. The predicted molar refractivity (Wildman–Crippen MR) is 173 cm³/mol. The van der Waals surface area contributed by atoms with Crippen LogP contribution in [0.25, 0.3) is 6.08 Å². The Balaban J connectivity index is 1.45. The number of thioether (sulfide) groups is 1. The van der Waals surface area contributed by atoms with Crippen LogP contribution in [0.5, 0.6) is 17.2 Å². The monoisotopic (exact) mass is 642 g/mol. The molecule has 214 valence electrons. The number of para-hydroxylation sites is 1. The fraction of sp³-hybridized carbons (Fsp3) is 0.176. The van der Waals surface area contributed by atoms with Gasteiger partial charge in [-0.1, -0.05) is 76.1 Å². The lowest BCUT2D eigenvalue weighted by Gasteiger charge is -2.16. The fourth-order valence-corrected chi connectivity index (χ4v) is 5.83. The zero-order valence-electron chi connectivity index (χ0n) is 23.7. The summed E-state index contributed by atoms with van der Waals surface area (Å²) in [6.45, 7) is 5.28. The smallest absolute Gasteiger partial charge is 0.267 e. The zero-order chi connectivity index (χ0) is 29.5. The highest BCUT2D eigenvalue weighted by atomic mass is 79.9. The van der Waals surface area contributed by atoms with Gasteiger partial charge in [-0.25, -0.2) is 4.99 Å². The van der Waals surface area contributed by atoms with Crippen LogP contribution in [-0.4, -0.2) is 29.7 Å². The van der Waals surface area contributed by atoms with Crippen molar-refractivity contribution in [3.8, 4) is 17.2 Å². The van der Waals surface area contributed by atoms with Crippen LogP contribution in [0.2, 0.25) is 0 Å². The van der Waals surface area contributed by atoms with E-state index in [9.17, 15) is 4.79 Å². The number of hydrogen-bond acceptors (Lipinski definition) is 6. The summed E-state index contributed by atoms with van der Waals surface area (Å²) in [6, 6.07) is 29.4. The molecule has 5 rings (SSSR count). The number of aryl methyl sites for hydroxylation is 1. The largest absolute Gasteiger partial charge is 0.497 e. The van der Waals surface area contributed by atoms with Crippen molar-refractivity contribution in [3.05, 3.63) is 123 Å². The molecule has 0 unspecified atom stereocenters. The number of carbonyl (C=O) groups is 1. The van der Waals surface area contributed by atoms with Crippen LogP contribution in [0.15, 0.2) is 105 Å². The molecule has 1 saturated heterocycles. The third kappa shape index (κ3) is 7.24. The van der Waals surface area contributed by atoms with Crippen molar-refractivity contribution in [1.82, 2.24) is 4.90 Å². The fourth-order valence-electron chi connectivity index (χ4n) is 4.40. The summed E-state index contributed by atoms with van der Waals surface area (Å²) in [5, 5.41) is 0.618. The van der Waals surface area contributed by atoms with Crippen LogP contribution in [0, 0.1) is 6.92 Å². The van der Waals surface area contributed by atoms with Crippen molar-refractivity contribution in [2.45, 2.75) is 27.0 Å². The summed E-state index contributed by atoms with van der Waals surface area (Å²) >= 11 is 5.05. The second-order valence-electron chi connectivity index (χ2n) is 9.61. The second-order valence-corrected chi connectivity index (χ2v) is 11.5. The Bertz CT molecular complexity index is 1620. The molecule has 0 saturated carbocycles. The van der Waals surface area contributed by atoms with Gasteiger partial charge in [-0.05, 0) is 84.8 Å². The summed E-state index contributed by atoms with van der Waals surface area (Å²) in [4.78, 5) is 20.9. The third-order valence-electron chi connectivity index (χ3n) is 6.50. The first-order chi connectivity index (χ1) is 20.4. The minimum Gasteiger partial charge on any atom is -0.497 e. The van der Waals surface area contributed by atoms with Gasteiger partial charge in [0.25, 0.3) is 5.91 Å². The number of hydrogen-bond donors (Lipinski definition) is 0. The molecule has 42 heavy (non-hydrogen) atoms. The molecule has 0 radical (unpaired) electrons. The predicted octanol–water partition coefficient (Wildman–Crippen LogP) is 8.55. The van der Waals surface area contributed by atoms with Crippen molar-refractivity contribution in [2.75, 3.05) is 13.7 Å². The Morgan fingerprint density at radius 1 is 0.905 bits per heavy atom. The van der Waals surface area contributed by atoms with Crippen LogP contribution in [-0.2, 0) is 17.9 Å². The van der Waals surface area contributed by atoms with Crippen molar-refractivity contribution in [1.29, 1.82) is 0 Å². The maximum atomic E-state index is 13.8. The molecule has 1 fully saturated rings. The first-order valence-electron chi connectivity index (χ1n) is 13.6. The number of benzene rings is 4. The van der Waals surface area contributed by atoms with E-state index in [-0.39, 0.29) is 5.91 Å². The van der Waals surface area contributed by atoms with E-state index in [4.69, 9.17) is 19.2 Å². The first-order valence-corrected chi connectivity index (χ1v) is 15.2. The van der Waals surface area contributed by atoms with Crippen molar-refractivity contribution in [2.24, 2.45) is 4.99 Å². The molecule has 0 spiro atoms. The molecule has 0 aliphatic carbocycles. The summed E-state index contributed by atoms with van der Waals surface area (Å²) in [7, 11) is 1.63. The number of aliphatic imine (C=N–C) groups is 1. The molecule has 0 aromatic heterocycles. The molecular formula is C34H31BrN2O4S. The second kappa shape index (κ2) is 13.8. The van der Waals surface area contributed by atoms with Crippen molar-refractivity contribution in [3.63, 3.8) is 0 Å². The van der Waals surface area contributed by atoms with E-state index < -0.39 is 0 Å². The Morgan fingerprint density at radius 3 is 2.38 bits per heavy atom. The van der Waals surface area contributed by atoms with Gasteiger partial charge in [-0.15, -0.1) is 0 Å². The number of methoxy groups -OCH3 is 1. The molecule has 8 heteroatoms. The standard InChI is InChI=1S/C34H31BrN2O4S/c1-4-40-30-18-26(29(35)20-31(30)41-22-25-10-8-9-23(2)17-25)19-32-33(38)37(21-24-13-15-28(39-3)16-14-24)34(42-32)36-27-11-6-5-7-12-27/h5-20H,4,21-22H2,1-3H3/b32-19-,36-34?. The van der Waals surface area contributed by atoms with Gasteiger partial charge >= 0.3 is 0 Å². The maximum Gasteiger partial charge on any atom is 0.267 e. The van der Waals surface area contributed by atoms with Gasteiger partial charge in [0.15, 0.2) is 16.7 Å². The Kier molecular flexibility index (Phi) is 9.66. The van der Waals surface area contributed by atoms with Gasteiger partial charge in [0.05, 0.1) is 30.9 Å². The highest BCUT2D eigenvalue weighted by molar-refractivity contribution is 9.10. The molecular weight excluding hydrogens is 612 g/mol. The van der Waals surface area contributed by atoms with Crippen LogP contribution in [0.4, 0.5) is 5.69 Å². The quantitative estimate of drug-likeness (QED) is 0.162. The van der Waals surface area contributed by atoms with Crippen molar-refractivity contribution < 1.29 is 19.0 Å². The van der Waals surface area contributed by atoms with E-state index in [1.807, 2.05) is 91.9 Å². The van der Waals surface area contributed by atoms with Gasteiger partial charge in [-0.2, -0.15) is 0 Å².